The topological polar surface area (TPSA) is 86.3 Å². The van der Waals surface area contributed by atoms with Gasteiger partial charge in [0.15, 0.2) is 5.65 Å². The van der Waals surface area contributed by atoms with E-state index >= 15 is 0 Å². The Balaban J connectivity index is 1.67. The summed E-state index contributed by atoms with van der Waals surface area (Å²) in [6.07, 6.45) is 1.46. The lowest BCUT2D eigenvalue weighted by Crippen LogP contribution is -2.07. The normalized spacial score (nSPS) is 11.0. The minimum absolute atomic E-state index is 0.0113. The highest BCUT2D eigenvalue weighted by molar-refractivity contribution is 5.92. The molecule has 0 radical (unpaired) electrons. The average Bonchev–Trinajstić information content (AvgIpc) is 3.22. The van der Waals surface area contributed by atoms with Crippen LogP contribution in [-0.4, -0.2) is 33.6 Å². The maximum Gasteiger partial charge on any atom is 0.339 e. The molecule has 4 rings (SSSR count). The first-order valence-electron chi connectivity index (χ1n) is 10.5. The molecule has 2 aromatic heterocycles. The number of ether oxygens (including phenoxy) is 3. The van der Waals surface area contributed by atoms with Gasteiger partial charge in [-0.1, -0.05) is 30.3 Å². The number of aromatic amines is 1. The van der Waals surface area contributed by atoms with E-state index in [2.05, 4.69) is 15.0 Å². The van der Waals surface area contributed by atoms with Crippen LogP contribution in [0.15, 0.2) is 60.8 Å². The van der Waals surface area contributed by atoms with Crippen LogP contribution in [0.3, 0.4) is 0 Å². The Hall–Kier alpha value is -3.87. The van der Waals surface area contributed by atoms with E-state index in [4.69, 9.17) is 14.2 Å². The number of aromatic nitrogens is 3. The zero-order valence-electron chi connectivity index (χ0n) is 18.3. The summed E-state index contributed by atoms with van der Waals surface area (Å²) in [5.74, 6) is 1.53. The Kier molecular flexibility index (Phi) is 6.35. The van der Waals surface area contributed by atoms with Crippen molar-refractivity contribution in [3.8, 4) is 22.9 Å². The van der Waals surface area contributed by atoms with Gasteiger partial charge in [0, 0.05) is 6.20 Å². The molecule has 0 bridgehead atoms. The number of pyridine rings is 1. The summed E-state index contributed by atoms with van der Waals surface area (Å²) in [5, 5.41) is 0. The number of nitrogens with zero attached hydrogens (tertiary/aromatic N) is 2. The standard InChI is InChI=1S/C25H25N3O4/c1-4-30-25(29)18-12-21-24(26-14-18)28-23(27-21)20-13-19(10-11-22(20)32-16(2)3)31-15-17-8-6-5-7-9-17/h5-14,16H,4,15H2,1-3H3,(H,26,27,28). The van der Waals surface area contributed by atoms with Crippen LogP contribution in [0.1, 0.15) is 36.7 Å². The summed E-state index contributed by atoms with van der Waals surface area (Å²) in [5.41, 5.74) is 3.33. The van der Waals surface area contributed by atoms with Crippen LogP contribution in [-0.2, 0) is 11.3 Å². The predicted octanol–water partition coefficient (Wildman–Crippen LogP) is 5.17. The largest absolute Gasteiger partial charge is 0.490 e. The molecule has 0 saturated heterocycles. The zero-order chi connectivity index (χ0) is 22.5. The molecule has 0 unspecified atom stereocenters. The highest BCUT2D eigenvalue weighted by Gasteiger charge is 2.16. The molecule has 32 heavy (non-hydrogen) atoms. The molecule has 0 atom stereocenters. The Morgan fingerprint density at radius 3 is 2.66 bits per heavy atom. The highest BCUT2D eigenvalue weighted by Crippen LogP contribution is 2.34. The highest BCUT2D eigenvalue weighted by atomic mass is 16.5. The van der Waals surface area contributed by atoms with Crippen molar-refractivity contribution in [2.75, 3.05) is 6.61 Å². The first-order valence-corrected chi connectivity index (χ1v) is 10.5. The number of imidazole rings is 1. The van der Waals surface area contributed by atoms with Crippen LogP contribution in [0.2, 0.25) is 0 Å². The Bertz CT molecular complexity index is 1220. The van der Waals surface area contributed by atoms with Gasteiger partial charge in [-0.25, -0.2) is 14.8 Å². The fraction of sp³-hybridized carbons (Fsp3) is 0.240. The first kappa shape index (κ1) is 21.4. The minimum Gasteiger partial charge on any atom is -0.490 e. The maximum atomic E-state index is 12.0. The van der Waals surface area contributed by atoms with Crippen molar-refractivity contribution >= 4 is 17.1 Å². The molecule has 7 heteroatoms. The molecular formula is C25H25N3O4. The van der Waals surface area contributed by atoms with Crippen LogP contribution in [0.4, 0.5) is 0 Å². The summed E-state index contributed by atoms with van der Waals surface area (Å²) in [6.45, 7) is 6.46. The Morgan fingerprint density at radius 1 is 1.09 bits per heavy atom. The van der Waals surface area contributed by atoms with Gasteiger partial charge in [0.2, 0.25) is 0 Å². The van der Waals surface area contributed by atoms with Crippen molar-refractivity contribution < 1.29 is 19.0 Å². The molecule has 0 spiro atoms. The van der Waals surface area contributed by atoms with E-state index in [9.17, 15) is 4.79 Å². The molecule has 0 aliphatic heterocycles. The molecule has 164 valence electrons. The molecule has 1 N–H and O–H groups in total. The van der Waals surface area contributed by atoms with Crippen molar-refractivity contribution in [2.45, 2.75) is 33.5 Å². The fourth-order valence-electron chi connectivity index (χ4n) is 3.24. The van der Waals surface area contributed by atoms with E-state index in [1.54, 1.807) is 13.0 Å². The van der Waals surface area contributed by atoms with Crippen molar-refractivity contribution in [3.63, 3.8) is 0 Å². The van der Waals surface area contributed by atoms with E-state index in [1.807, 2.05) is 62.4 Å². The first-order chi connectivity index (χ1) is 15.5. The van der Waals surface area contributed by atoms with Crippen LogP contribution < -0.4 is 9.47 Å². The maximum absolute atomic E-state index is 12.0. The molecule has 2 aromatic carbocycles. The fourth-order valence-corrected chi connectivity index (χ4v) is 3.24. The van der Waals surface area contributed by atoms with E-state index in [0.29, 0.717) is 47.3 Å². The summed E-state index contributed by atoms with van der Waals surface area (Å²) in [7, 11) is 0. The lowest BCUT2D eigenvalue weighted by molar-refractivity contribution is 0.0526. The summed E-state index contributed by atoms with van der Waals surface area (Å²) in [6, 6.07) is 17.3. The summed E-state index contributed by atoms with van der Waals surface area (Å²) < 4.78 is 17.0. The summed E-state index contributed by atoms with van der Waals surface area (Å²) in [4.78, 5) is 24.2. The van der Waals surface area contributed by atoms with Crippen molar-refractivity contribution in [3.05, 3.63) is 71.9 Å². The van der Waals surface area contributed by atoms with Gasteiger partial charge in [-0.2, -0.15) is 0 Å². The van der Waals surface area contributed by atoms with Crippen molar-refractivity contribution in [1.82, 2.24) is 15.0 Å². The lowest BCUT2D eigenvalue weighted by Gasteiger charge is -2.15. The molecule has 0 aliphatic rings. The van der Waals surface area contributed by atoms with Gasteiger partial charge < -0.3 is 19.2 Å². The lowest BCUT2D eigenvalue weighted by atomic mass is 10.1. The predicted molar refractivity (Wildman–Crippen MR) is 122 cm³/mol. The molecule has 0 amide bonds. The SMILES string of the molecule is CCOC(=O)c1cnc2nc(-c3cc(OCc4ccccc4)ccc3OC(C)C)[nH]c2c1. The van der Waals surface area contributed by atoms with Crippen LogP contribution in [0.5, 0.6) is 11.5 Å². The smallest absolute Gasteiger partial charge is 0.339 e. The Labute approximate surface area is 186 Å². The van der Waals surface area contributed by atoms with E-state index in [0.717, 1.165) is 11.1 Å². The van der Waals surface area contributed by atoms with Gasteiger partial charge in [0.25, 0.3) is 0 Å². The van der Waals surface area contributed by atoms with Gasteiger partial charge in [0.1, 0.15) is 23.9 Å². The van der Waals surface area contributed by atoms with Crippen LogP contribution in [0.25, 0.3) is 22.6 Å². The number of carbonyl (C=O) groups excluding carboxylic acids is 1. The molecule has 0 fully saturated rings. The molecule has 4 aromatic rings. The summed E-state index contributed by atoms with van der Waals surface area (Å²) >= 11 is 0. The second kappa shape index (κ2) is 9.51. The van der Waals surface area contributed by atoms with Crippen LogP contribution >= 0.6 is 0 Å². The third-order valence-electron chi connectivity index (χ3n) is 4.67. The Morgan fingerprint density at radius 2 is 1.91 bits per heavy atom. The molecule has 7 nitrogen and oxygen atoms in total. The quantitative estimate of drug-likeness (QED) is 0.388. The van der Waals surface area contributed by atoms with E-state index in [1.165, 1.54) is 6.20 Å². The number of rotatable bonds is 8. The number of benzene rings is 2. The van der Waals surface area contributed by atoms with E-state index < -0.39 is 5.97 Å². The monoisotopic (exact) mass is 431 g/mol. The molecule has 0 aliphatic carbocycles. The number of H-pyrrole nitrogens is 1. The third kappa shape index (κ3) is 4.88. The molecular weight excluding hydrogens is 406 g/mol. The number of hydrogen-bond donors (Lipinski definition) is 1. The van der Waals surface area contributed by atoms with Crippen molar-refractivity contribution in [2.24, 2.45) is 0 Å². The second-order valence-electron chi connectivity index (χ2n) is 7.50. The number of esters is 1. The number of carbonyl (C=O) groups is 1. The van der Waals surface area contributed by atoms with Gasteiger partial charge in [-0.15, -0.1) is 0 Å². The average molecular weight is 431 g/mol. The van der Waals surface area contributed by atoms with Crippen LogP contribution in [0, 0.1) is 0 Å². The number of hydrogen-bond acceptors (Lipinski definition) is 6. The van der Waals surface area contributed by atoms with Gasteiger partial charge in [-0.3, -0.25) is 0 Å². The van der Waals surface area contributed by atoms with Gasteiger partial charge >= 0.3 is 5.97 Å². The molecule has 2 heterocycles. The second-order valence-corrected chi connectivity index (χ2v) is 7.50. The van der Waals surface area contributed by atoms with Crippen molar-refractivity contribution in [1.29, 1.82) is 0 Å². The molecule has 0 saturated carbocycles. The third-order valence-corrected chi connectivity index (χ3v) is 4.67. The minimum atomic E-state index is -0.418. The zero-order valence-corrected chi connectivity index (χ0v) is 18.3. The number of fused-ring (bicyclic) bond motifs is 1. The van der Waals surface area contributed by atoms with Gasteiger partial charge in [0.05, 0.1) is 29.4 Å². The van der Waals surface area contributed by atoms with E-state index in [-0.39, 0.29) is 6.10 Å². The number of nitrogens with one attached hydrogen (secondary N) is 1. The van der Waals surface area contributed by atoms with Gasteiger partial charge in [-0.05, 0) is 50.6 Å².